The van der Waals surface area contributed by atoms with Crippen molar-refractivity contribution in [3.8, 4) is 0 Å². The maximum Gasteiger partial charge on any atom is 0.255 e. The summed E-state index contributed by atoms with van der Waals surface area (Å²) in [5.41, 5.74) is 2.64. The number of nitrogens with one attached hydrogen (secondary N) is 2. The maximum absolute atomic E-state index is 12.9. The fourth-order valence-corrected chi connectivity index (χ4v) is 3.50. The Balaban J connectivity index is 1.82. The summed E-state index contributed by atoms with van der Waals surface area (Å²) in [6, 6.07) is 5.34. The Morgan fingerprint density at radius 1 is 1.36 bits per heavy atom. The van der Waals surface area contributed by atoms with Gasteiger partial charge in [-0.25, -0.2) is 0 Å². The molecule has 2 amide bonds. The van der Waals surface area contributed by atoms with E-state index in [1.807, 2.05) is 18.2 Å². The zero-order valence-corrected chi connectivity index (χ0v) is 14.5. The molecule has 1 aromatic carbocycles. The van der Waals surface area contributed by atoms with E-state index in [-0.39, 0.29) is 18.2 Å². The molecule has 0 bridgehead atoms. The lowest BCUT2D eigenvalue weighted by Crippen LogP contribution is -2.46. The Bertz CT molecular complexity index is 670. The minimum absolute atomic E-state index is 0.133. The second-order valence-electron chi connectivity index (χ2n) is 6.39. The van der Waals surface area contributed by atoms with E-state index in [9.17, 15) is 14.4 Å². The quantitative estimate of drug-likeness (QED) is 0.718. The summed E-state index contributed by atoms with van der Waals surface area (Å²) in [6.07, 6.45) is 1.38. The SMILES string of the molecule is CNC(=O)C(CCC=O)N1Cc2ccc(N3CCNCC3)cc2C1=O. The van der Waals surface area contributed by atoms with Crippen molar-refractivity contribution in [1.82, 2.24) is 15.5 Å². The summed E-state index contributed by atoms with van der Waals surface area (Å²) in [6.45, 7) is 4.10. The van der Waals surface area contributed by atoms with Crippen LogP contribution in [0.5, 0.6) is 0 Å². The molecule has 0 aliphatic carbocycles. The van der Waals surface area contributed by atoms with Crippen molar-refractivity contribution in [2.45, 2.75) is 25.4 Å². The van der Waals surface area contributed by atoms with Crippen LogP contribution < -0.4 is 15.5 Å². The first-order valence-electron chi connectivity index (χ1n) is 8.70. The fourth-order valence-electron chi connectivity index (χ4n) is 3.50. The molecular formula is C18H24N4O3. The third-order valence-corrected chi connectivity index (χ3v) is 4.89. The Labute approximate surface area is 147 Å². The molecule has 1 aromatic rings. The zero-order chi connectivity index (χ0) is 17.8. The fraction of sp³-hybridized carbons (Fsp3) is 0.500. The molecule has 0 spiro atoms. The van der Waals surface area contributed by atoms with Crippen molar-refractivity contribution in [2.75, 3.05) is 38.1 Å². The van der Waals surface area contributed by atoms with Crippen LogP contribution in [-0.4, -0.2) is 62.3 Å². The van der Waals surface area contributed by atoms with Gasteiger partial charge in [0, 0.05) is 57.4 Å². The molecule has 3 rings (SSSR count). The van der Waals surface area contributed by atoms with Gasteiger partial charge in [-0.15, -0.1) is 0 Å². The molecule has 2 aliphatic heterocycles. The lowest BCUT2D eigenvalue weighted by atomic mass is 10.1. The van der Waals surface area contributed by atoms with Gasteiger partial charge in [-0.3, -0.25) is 9.59 Å². The molecule has 2 heterocycles. The molecule has 2 aliphatic rings. The number of piperazine rings is 1. The lowest BCUT2D eigenvalue weighted by Gasteiger charge is -2.29. The second-order valence-corrected chi connectivity index (χ2v) is 6.39. The van der Waals surface area contributed by atoms with E-state index in [0.717, 1.165) is 43.7 Å². The van der Waals surface area contributed by atoms with E-state index in [2.05, 4.69) is 15.5 Å². The molecular weight excluding hydrogens is 320 g/mol. The second kappa shape index (κ2) is 7.65. The highest BCUT2D eigenvalue weighted by atomic mass is 16.2. The molecule has 0 saturated carbocycles. The number of hydrogen-bond donors (Lipinski definition) is 2. The summed E-state index contributed by atoms with van der Waals surface area (Å²) in [5.74, 6) is -0.364. The highest BCUT2D eigenvalue weighted by Gasteiger charge is 2.36. The molecule has 7 heteroatoms. The van der Waals surface area contributed by atoms with Crippen LogP contribution in [0.3, 0.4) is 0 Å². The van der Waals surface area contributed by atoms with Gasteiger partial charge in [0.2, 0.25) is 5.91 Å². The highest BCUT2D eigenvalue weighted by Crippen LogP contribution is 2.30. The molecule has 7 nitrogen and oxygen atoms in total. The van der Waals surface area contributed by atoms with Gasteiger partial charge in [-0.1, -0.05) is 6.07 Å². The largest absolute Gasteiger partial charge is 0.369 e. The summed E-state index contributed by atoms with van der Waals surface area (Å²) < 4.78 is 0. The van der Waals surface area contributed by atoms with E-state index in [1.54, 1.807) is 11.9 Å². The minimum atomic E-state index is -0.613. The normalized spacial score (nSPS) is 18.0. The predicted molar refractivity (Wildman–Crippen MR) is 94.6 cm³/mol. The van der Waals surface area contributed by atoms with Crippen LogP contribution >= 0.6 is 0 Å². The van der Waals surface area contributed by atoms with E-state index >= 15 is 0 Å². The van der Waals surface area contributed by atoms with E-state index in [0.29, 0.717) is 18.5 Å². The Morgan fingerprint density at radius 2 is 2.12 bits per heavy atom. The third kappa shape index (κ3) is 3.51. The van der Waals surface area contributed by atoms with Gasteiger partial charge in [0.25, 0.3) is 5.91 Å². The van der Waals surface area contributed by atoms with Crippen LogP contribution in [-0.2, 0) is 16.1 Å². The average molecular weight is 344 g/mol. The summed E-state index contributed by atoms with van der Waals surface area (Å²) in [4.78, 5) is 39.6. The van der Waals surface area contributed by atoms with E-state index in [4.69, 9.17) is 0 Å². The monoisotopic (exact) mass is 344 g/mol. The van der Waals surface area contributed by atoms with Gasteiger partial charge in [0.15, 0.2) is 0 Å². The van der Waals surface area contributed by atoms with Crippen LogP contribution in [0, 0.1) is 0 Å². The number of nitrogens with zero attached hydrogens (tertiary/aromatic N) is 2. The Kier molecular flexibility index (Phi) is 5.33. The summed E-state index contributed by atoms with van der Waals surface area (Å²) in [5, 5.41) is 5.91. The first kappa shape index (κ1) is 17.4. The number of carbonyl (C=O) groups excluding carboxylic acids is 3. The number of rotatable bonds is 6. The number of hydrogen-bond acceptors (Lipinski definition) is 5. The summed E-state index contributed by atoms with van der Waals surface area (Å²) >= 11 is 0. The van der Waals surface area contributed by atoms with Crippen LogP contribution in [0.25, 0.3) is 0 Å². The zero-order valence-electron chi connectivity index (χ0n) is 14.5. The van der Waals surface area contributed by atoms with Crippen molar-refractivity contribution in [3.05, 3.63) is 29.3 Å². The Morgan fingerprint density at radius 3 is 2.80 bits per heavy atom. The first-order valence-corrected chi connectivity index (χ1v) is 8.70. The number of amides is 2. The van der Waals surface area contributed by atoms with E-state index in [1.165, 1.54) is 0 Å². The number of likely N-dealkylation sites (N-methyl/N-ethyl adjacent to an activating group) is 1. The van der Waals surface area contributed by atoms with Crippen LogP contribution in [0.4, 0.5) is 5.69 Å². The molecule has 2 N–H and O–H groups in total. The van der Waals surface area contributed by atoms with Gasteiger partial charge in [-0.05, 0) is 24.1 Å². The molecule has 1 atom stereocenters. The van der Waals surface area contributed by atoms with Crippen molar-refractivity contribution in [2.24, 2.45) is 0 Å². The third-order valence-electron chi connectivity index (χ3n) is 4.89. The van der Waals surface area contributed by atoms with Gasteiger partial charge in [-0.2, -0.15) is 0 Å². The van der Waals surface area contributed by atoms with Crippen LogP contribution in [0.2, 0.25) is 0 Å². The number of fused-ring (bicyclic) bond motifs is 1. The van der Waals surface area contributed by atoms with Crippen molar-refractivity contribution >= 4 is 23.8 Å². The molecule has 134 valence electrons. The van der Waals surface area contributed by atoms with Crippen LogP contribution in [0.15, 0.2) is 18.2 Å². The number of benzene rings is 1. The minimum Gasteiger partial charge on any atom is -0.369 e. The van der Waals surface area contributed by atoms with Gasteiger partial charge in [0.05, 0.1) is 0 Å². The predicted octanol–water partition coefficient (Wildman–Crippen LogP) is 0.146. The van der Waals surface area contributed by atoms with Crippen molar-refractivity contribution in [3.63, 3.8) is 0 Å². The van der Waals surface area contributed by atoms with Crippen molar-refractivity contribution in [1.29, 1.82) is 0 Å². The molecule has 1 saturated heterocycles. The molecule has 0 radical (unpaired) electrons. The smallest absolute Gasteiger partial charge is 0.255 e. The molecule has 25 heavy (non-hydrogen) atoms. The van der Waals surface area contributed by atoms with Crippen molar-refractivity contribution < 1.29 is 14.4 Å². The highest BCUT2D eigenvalue weighted by molar-refractivity contribution is 6.01. The number of carbonyl (C=O) groups is 3. The van der Waals surface area contributed by atoms with Crippen LogP contribution in [0.1, 0.15) is 28.8 Å². The average Bonchev–Trinajstić information content (AvgIpc) is 2.98. The van der Waals surface area contributed by atoms with Gasteiger partial charge >= 0.3 is 0 Å². The van der Waals surface area contributed by atoms with Gasteiger partial charge in [0.1, 0.15) is 12.3 Å². The first-order chi connectivity index (χ1) is 12.2. The number of aldehydes is 1. The maximum atomic E-state index is 12.9. The molecule has 1 fully saturated rings. The molecule has 0 aromatic heterocycles. The number of anilines is 1. The molecule has 1 unspecified atom stereocenters. The topological polar surface area (TPSA) is 81.8 Å². The van der Waals surface area contributed by atoms with Gasteiger partial charge < -0.3 is 25.2 Å². The Hall–Kier alpha value is -2.41. The standard InChI is InChI=1S/C18H24N4O3/c1-19-17(24)16(3-2-10-23)22-12-13-4-5-14(11-15(13)18(22)25)21-8-6-20-7-9-21/h4-5,10-11,16,20H,2-3,6-9,12H2,1H3,(H,19,24). The van der Waals surface area contributed by atoms with E-state index < -0.39 is 6.04 Å². The summed E-state index contributed by atoms with van der Waals surface area (Å²) in [7, 11) is 1.55. The lowest BCUT2D eigenvalue weighted by molar-refractivity contribution is -0.125.